The molecule has 3 heterocycles. The summed E-state index contributed by atoms with van der Waals surface area (Å²) in [6.45, 7) is 1.88. The molecule has 0 saturated carbocycles. The van der Waals surface area contributed by atoms with Crippen molar-refractivity contribution >= 4 is 45.5 Å². The van der Waals surface area contributed by atoms with E-state index < -0.39 is 29.3 Å². The number of anilines is 2. The van der Waals surface area contributed by atoms with Crippen LogP contribution in [0.5, 0.6) is 17.4 Å². The fourth-order valence-electron chi connectivity index (χ4n) is 2.87. The second kappa shape index (κ2) is 10.4. The van der Waals surface area contributed by atoms with Crippen molar-refractivity contribution in [2.24, 2.45) is 5.10 Å². The highest BCUT2D eigenvalue weighted by atomic mass is 79.9. The zero-order valence-corrected chi connectivity index (χ0v) is 19.3. The van der Waals surface area contributed by atoms with Gasteiger partial charge in [-0.3, -0.25) is 0 Å². The molecular weight excluding hydrogens is 547 g/mol. The Balaban J connectivity index is 1.52. The molecule has 3 aromatic rings. The molecule has 1 saturated heterocycles. The number of hydrogen-bond donors (Lipinski definition) is 2. The van der Waals surface area contributed by atoms with Gasteiger partial charge in [-0.05, 0) is 22.0 Å². The lowest BCUT2D eigenvalue weighted by molar-refractivity contribution is 0.122. The maximum absolute atomic E-state index is 14.1. The number of ether oxygens (including phenoxy) is 2. The molecule has 178 valence electrons. The average Bonchev–Trinajstić information content (AvgIpc) is 2.83. The number of halogens is 5. The highest BCUT2D eigenvalue weighted by Crippen LogP contribution is 2.43. The van der Waals surface area contributed by atoms with Crippen LogP contribution in [0, 0.1) is 17.7 Å². The highest BCUT2D eigenvalue weighted by molar-refractivity contribution is 9.10. The van der Waals surface area contributed by atoms with Crippen molar-refractivity contribution in [3.63, 3.8) is 0 Å². The topological polar surface area (TPSA) is 118 Å². The number of nitrogens with zero attached hydrogens (tertiary/aromatic N) is 6. The second-order valence-corrected chi connectivity index (χ2v) is 7.90. The van der Waals surface area contributed by atoms with E-state index in [4.69, 9.17) is 21.1 Å². The number of hydrazone groups is 1. The molecule has 2 N–H and O–H groups in total. The molecule has 1 aromatic carbocycles. The van der Waals surface area contributed by atoms with E-state index in [2.05, 4.69) is 46.4 Å². The predicted octanol–water partition coefficient (Wildman–Crippen LogP) is 3.88. The van der Waals surface area contributed by atoms with Crippen LogP contribution in [0.2, 0.25) is 5.02 Å². The molecular formula is C19H14BrClF3N7O3. The van der Waals surface area contributed by atoms with Crippen molar-refractivity contribution in [2.45, 2.75) is 0 Å². The number of morpholine rings is 1. The minimum absolute atomic E-state index is 0.0185. The largest absolute Gasteiger partial charge is 0.506 e. The van der Waals surface area contributed by atoms with Gasteiger partial charge >= 0.3 is 6.08 Å². The van der Waals surface area contributed by atoms with Crippen LogP contribution in [-0.2, 0) is 4.74 Å². The smallest absolute Gasteiger partial charge is 0.312 e. The number of rotatable bonds is 6. The summed E-state index contributed by atoms with van der Waals surface area (Å²) in [7, 11) is 0. The number of hydrogen-bond acceptors (Lipinski definition) is 10. The first-order chi connectivity index (χ1) is 16.3. The first-order valence-electron chi connectivity index (χ1n) is 9.54. The molecule has 15 heteroatoms. The van der Waals surface area contributed by atoms with Crippen LogP contribution in [0.1, 0.15) is 5.56 Å². The monoisotopic (exact) mass is 559 g/mol. The summed E-state index contributed by atoms with van der Waals surface area (Å²) in [6.07, 6.45) is 1.60. The summed E-state index contributed by atoms with van der Waals surface area (Å²) in [4.78, 5) is 16.0. The standard InChI is InChI=1S/C19H14BrClF3N7O3/c20-10-5-9(14(32)13(21)15(10)34-17-12(23)8-25-18(24)29-17)6-27-30-19-26-7-11(22)16(28-19)31-1-3-33-4-2-31/h5-8,32H,1-4H2,(H,26,28,30)/b27-6-. The van der Waals surface area contributed by atoms with Crippen LogP contribution >= 0.6 is 27.5 Å². The van der Waals surface area contributed by atoms with Gasteiger partial charge in [0, 0.05) is 18.7 Å². The van der Waals surface area contributed by atoms with Gasteiger partial charge in [-0.15, -0.1) is 0 Å². The third kappa shape index (κ3) is 5.29. The summed E-state index contributed by atoms with van der Waals surface area (Å²) >= 11 is 9.32. The van der Waals surface area contributed by atoms with Crippen molar-refractivity contribution in [3.05, 3.63) is 51.2 Å². The Hall–Kier alpha value is -3.23. The minimum Gasteiger partial charge on any atom is -0.506 e. The van der Waals surface area contributed by atoms with Crippen molar-refractivity contribution in [3.8, 4) is 17.4 Å². The highest BCUT2D eigenvalue weighted by Gasteiger charge is 2.20. The van der Waals surface area contributed by atoms with Crippen molar-refractivity contribution in [2.75, 3.05) is 36.6 Å². The number of nitrogens with one attached hydrogen (secondary N) is 1. The summed E-state index contributed by atoms with van der Waals surface area (Å²) in [5.41, 5.74) is 2.67. The van der Waals surface area contributed by atoms with Gasteiger partial charge in [0.2, 0.25) is 11.8 Å². The number of aromatic hydroxyl groups is 1. The van der Waals surface area contributed by atoms with Crippen molar-refractivity contribution < 1.29 is 27.8 Å². The van der Waals surface area contributed by atoms with E-state index in [1.165, 1.54) is 12.3 Å². The zero-order valence-electron chi connectivity index (χ0n) is 17.0. The predicted molar refractivity (Wildman–Crippen MR) is 119 cm³/mol. The number of benzene rings is 1. The molecule has 0 aliphatic carbocycles. The third-order valence-electron chi connectivity index (χ3n) is 4.47. The number of phenols is 1. The minimum atomic E-state index is -1.21. The van der Waals surface area contributed by atoms with Crippen LogP contribution in [0.15, 0.2) is 28.0 Å². The van der Waals surface area contributed by atoms with Crippen LogP contribution in [0.4, 0.5) is 24.9 Å². The first kappa shape index (κ1) is 23.9. The van der Waals surface area contributed by atoms with Crippen LogP contribution in [-0.4, -0.2) is 57.6 Å². The Bertz CT molecular complexity index is 1250. The van der Waals surface area contributed by atoms with Crippen LogP contribution in [0.3, 0.4) is 0 Å². The summed E-state index contributed by atoms with van der Waals surface area (Å²) < 4.78 is 51.8. The lowest BCUT2D eigenvalue weighted by atomic mass is 10.2. The lowest BCUT2D eigenvalue weighted by Gasteiger charge is -2.27. The van der Waals surface area contributed by atoms with Gasteiger partial charge in [0.25, 0.3) is 5.88 Å². The fraction of sp³-hybridized carbons (Fsp3) is 0.211. The van der Waals surface area contributed by atoms with Gasteiger partial charge in [0.1, 0.15) is 10.8 Å². The molecule has 10 nitrogen and oxygen atoms in total. The van der Waals surface area contributed by atoms with Crippen LogP contribution in [0.25, 0.3) is 0 Å². The normalized spacial score (nSPS) is 14.0. The van der Waals surface area contributed by atoms with E-state index >= 15 is 0 Å². The Morgan fingerprint density at radius 3 is 2.68 bits per heavy atom. The van der Waals surface area contributed by atoms with Crippen molar-refractivity contribution in [1.82, 2.24) is 19.9 Å². The maximum atomic E-state index is 14.1. The maximum Gasteiger partial charge on any atom is 0.312 e. The summed E-state index contributed by atoms with van der Waals surface area (Å²) in [5, 5.41) is 14.0. The molecule has 34 heavy (non-hydrogen) atoms. The van der Waals surface area contributed by atoms with Gasteiger partial charge in [-0.1, -0.05) is 11.6 Å². The average molecular weight is 561 g/mol. The van der Waals surface area contributed by atoms with Gasteiger partial charge in [-0.2, -0.15) is 23.9 Å². The summed E-state index contributed by atoms with van der Waals surface area (Å²) in [5.74, 6) is -2.88. The second-order valence-electron chi connectivity index (χ2n) is 6.67. The van der Waals surface area contributed by atoms with Gasteiger partial charge in [0.15, 0.2) is 17.4 Å². The van der Waals surface area contributed by atoms with Gasteiger partial charge in [-0.25, -0.2) is 19.8 Å². The first-order valence-corrected chi connectivity index (χ1v) is 10.7. The SMILES string of the molecule is Oc1c(/C=N\Nc2ncc(F)c(N3CCOCC3)n2)cc(Br)c(Oc2nc(F)ncc2F)c1Cl. The number of phenolic OH excluding ortho intramolecular Hbond substituents is 1. The quantitative estimate of drug-likeness (QED) is 0.263. The molecule has 0 spiro atoms. The molecule has 0 amide bonds. The zero-order chi connectivity index (χ0) is 24.2. The van der Waals surface area contributed by atoms with E-state index in [0.29, 0.717) is 32.5 Å². The van der Waals surface area contributed by atoms with Gasteiger partial charge in [0.05, 0.1) is 36.3 Å². The van der Waals surface area contributed by atoms with E-state index in [-0.39, 0.29) is 32.6 Å². The molecule has 2 aromatic heterocycles. The molecule has 0 atom stereocenters. The van der Waals surface area contributed by atoms with Crippen LogP contribution < -0.4 is 15.1 Å². The van der Waals surface area contributed by atoms with E-state index in [0.717, 1.165) is 6.20 Å². The molecule has 0 unspecified atom stereocenters. The van der Waals surface area contributed by atoms with Crippen molar-refractivity contribution in [1.29, 1.82) is 0 Å². The van der Waals surface area contributed by atoms with E-state index in [1.807, 2.05) is 0 Å². The lowest BCUT2D eigenvalue weighted by Crippen LogP contribution is -2.37. The summed E-state index contributed by atoms with van der Waals surface area (Å²) in [6, 6.07) is 1.36. The molecule has 1 aliphatic heterocycles. The number of aromatic nitrogens is 4. The Morgan fingerprint density at radius 2 is 1.91 bits per heavy atom. The molecule has 0 radical (unpaired) electrons. The molecule has 0 bridgehead atoms. The van der Waals surface area contributed by atoms with E-state index in [1.54, 1.807) is 4.90 Å². The van der Waals surface area contributed by atoms with E-state index in [9.17, 15) is 18.3 Å². The molecule has 4 rings (SSSR count). The Labute approximate surface area is 203 Å². The Morgan fingerprint density at radius 1 is 1.18 bits per heavy atom. The van der Waals surface area contributed by atoms with Gasteiger partial charge < -0.3 is 19.5 Å². The third-order valence-corrected chi connectivity index (χ3v) is 5.41. The Kier molecular flexibility index (Phi) is 7.29. The molecule has 1 fully saturated rings. The molecule has 1 aliphatic rings. The fourth-order valence-corrected chi connectivity index (χ4v) is 3.76.